The molecule has 27 heavy (non-hydrogen) atoms. The Morgan fingerprint density at radius 1 is 1.37 bits per heavy atom. The van der Waals surface area contributed by atoms with E-state index in [0.29, 0.717) is 6.33 Å². The molecule has 0 aliphatic carbocycles. The Hall–Kier alpha value is -1.76. The fourth-order valence-electron chi connectivity index (χ4n) is 2.44. The van der Waals surface area contributed by atoms with Crippen LogP contribution >= 0.6 is 0 Å². The molecule has 1 aromatic rings. The number of rotatable bonds is 6. The Morgan fingerprint density at radius 3 is 2.44 bits per heavy atom. The van der Waals surface area contributed by atoms with Crippen LogP contribution in [0.15, 0.2) is 35.1 Å². The molecule has 0 bridgehead atoms. The summed E-state index contributed by atoms with van der Waals surface area (Å²) >= 11 is 0. The second kappa shape index (κ2) is 8.09. The lowest BCUT2D eigenvalue weighted by atomic mass is 9.92. The van der Waals surface area contributed by atoms with Crippen LogP contribution in [0.4, 0.5) is 17.6 Å². The summed E-state index contributed by atoms with van der Waals surface area (Å²) in [6.07, 6.45) is -5.02. The summed E-state index contributed by atoms with van der Waals surface area (Å²) in [5.74, 6) is 0.0341. The number of hydrogen-bond donors (Lipinski definition) is 2. The summed E-state index contributed by atoms with van der Waals surface area (Å²) in [5, 5.41) is 9.63. The molecule has 2 heterocycles. The van der Waals surface area contributed by atoms with Crippen molar-refractivity contribution in [3.63, 3.8) is 0 Å². The van der Waals surface area contributed by atoms with Gasteiger partial charge in [-0.15, -0.1) is 0 Å². The number of pyridine rings is 1. The van der Waals surface area contributed by atoms with Crippen LogP contribution in [0.1, 0.15) is 12.8 Å². The summed E-state index contributed by atoms with van der Waals surface area (Å²) in [6.45, 7) is -1.16. The van der Waals surface area contributed by atoms with Crippen molar-refractivity contribution in [2.45, 2.75) is 29.5 Å². The van der Waals surface area contributed by atoms with Crippen LogP contribution in [0.5, 0.6) is 5.88 Å². The topological polar surface area (TPSA) is 106 Å². The highest BCUT2D eigenvalue weighted by atomic mass is 32.2. The third kappa shape index (κ3) is 4.75. The van der Waals surface area contributed by atoms with Crippen molar-refractivity contribution in [2.24, 2.45) is 5.73 Å². The number of sulfonamides is 1. The molecule has 7 nitrogen and oxygen atoms in total. The van der Waals surface area contributed by atoms with E-state index in [-0.39, 0.29) is 29.5 Å². The van der Waals surface area contributed by atoms with E-state index in [0.717, 1.165) is 10.5 Å². The first-order valence-corrected chi connectivity index (χ1v) is 9.34. The Balaban J connectivity index is 2.05. The number of ether oxygens (including phenoxy) is 1. The van der Waals surface area contributed by atoms with Gasteiger partial charge in [-0.2, -0.15) is 17.5 Å². The molecule has 0 amide bonds. The van der Waals surface area contributed by atoms with Gasteiger partial charge in [-0.25, -0.2) is 17.8 Å². The van der Waals surface area contributed by atoms with Gasteiger partial charge >= 0.3 is 6.18 Å². The number of nitrogens with zero attached hydrogens (tertiary/aromatic N) is 2. The zero-order valence-corrected chi connectivity index (χ0v) is 14.9. The lowest BCUT2D eigenvalue weighted by Gasteiger charge is -2.38. The van der Waals surface area contributed by atoms with E-state index >= 15 is 0 Å². The third-order valence-electron chi connectivity index (χ3n) is 4.25. The Kier molecular flexibility index (Phi) is 6.45. The third-order valence-corrected chi connectivity index (χ3v) is 6.13. The van der Waals surface area contributed by atoms with Gasteiger partial charge < -0.3 is 15.6 Å². The van der Waals surface area contributed by atoms with Gasteiger partial charge in [-0.1, -0.05) is 0 Å². The van der Waals surface area contributed by atoms with E-state index in [1.807, 2.05) is 0 Å². The maximum Gasteiger partial charge on any atom is 0.417 e. The van der Waals surface area contributed by atoms with Gasteiger partial charge in [0.05, 0.1) is 12.5 Å². The fourth-order valence-corrected chi connectivity index (χ4v) is 3.82. The summed E-state index contributed by atoms with van der Waals surface area (Å²) in [5.41, 5.74) is 2.57. The summed E-state index contributed by atoms with van der Waals surface area (Å²) in [7, 11) is -4.07. The molecule has 0 atom stereocenters. The lowest BCUT2D eigenvalue weighted by molar-refractivity contribution is -0.270. The Morgan fingerprint density at radius 2 is 2.00 bits per heavy atom. The van der Waals surface area contributed by atoms with Gasteiger partial charge in [-0.05, 0) is 18.9 Å². The van der Waals surface area contributed by atoms with Crippen molar-refractivity contribution in [3.05, 3.63) is 30.2 Å². The number of nitrogens with two attached hydrogens (primary N) is 1. The monoisotopic (exact) mass is 413 g/mol. The molecular weight excluding hydrogens is 394 g/mol. The lowest BCUT2D eigenvalue weighted by Crippen LogP contribution is -2.54. The van der Waals surface area contributed by atoms with E-state index in [9.17, 15) is 31.1 Å². The predicted octanol–water partition coefficient (Wildman–Crippen LogP) is 1.35. The zero-order chi connectivity index (χ0) is 20.3. The van der Waals surface area contributed by atoms with Crippen LogP contribution in [0.3, 0.4) is 0 Å². The van der Waals surface area contributed by atoms with Crippen molar-refractivity contribution in [1.82, 2.24) is 9.29 Å². The predicted molar refractivity (Wildman–Crippen MR) is 87.0 cm³/mol. The molecule has 0 spiro atoms. The Bertz CT molecular complexity index is 773. The average Bonchev–Trinajstić information content (AvgIpc) is 2.62. The smallest absolute Gasteiger partial charge is 0.417 e. The molecule has 0 aromatic carbocycles. The largest absolute Gasteiger partial charge is 0.473 e. The average molecular weight is 413 g/mol. The molecule has 3 N–H and O–H groups in total. The first-order valence-electron chi connectivity index (χ1n) is 7.90. The molecule has 0 saturated carbocycles. The molecule has 0 unspecified atom stereocenters. The summed E-state index contributed by atoms with van der Waals surface area (Å²) in [4.78, 5) is 3.57. The van der Waals surface area contributed by atoms with Crippen LogP contribution in [-0.4, -0.2) is 60.8 Å². The van der Waals surface area contributed by atoms with Gasteiger partial charge in [0, 0.05) is 31.3 Å². The van der Waals surface area contributed by atoms with Crippen LogP contribution in [-0.2, 0) is 10.0 Å². The van der Waals surface area contributed by atoms with Crippen molar-refractivity contribution in [3.8, 4) is 5.88 Å². The van der Waals surface area contributed by atoms with Crippen LogP contribution in [0, 0.1) is 0 Å². The molecule has 1 fully saturated rings. The number of aliphatic hydroxyl groups is 1. The summed E-state index contributed by atoms with van der Waals surface area (Å²) < 4.78 is 81.9. The number of piperidine rings is 1. The van der Waals surface area contributed by atoms with Crippen LogP contribution in [0.2, 0.25) is 0 Å². The van der Waals surface area contributed by atoms with Gasteiger partial charge in [0.15, 0.2) is 5.60 Å². The molecule has 12 heteroatoms. The highest BCUT2D eigenvalue weighted by molar-refractivity contribution is 7.89. The van der Waals surface area contributed by atoms with Gasteiger partial charge in [0.1, 0.15) is 11.5 Å². The van der Waals surface area contributed by atoms with Gasteiger partial charge in [0.2, 0.25) is 15.9 Å². The first-order chi connectivity index (χ1) is 12.5. The molecule has 0 radical (unpaired) electrons. The van der Waals surface area contributed by atoms with E-state index in [1.165, 1.54) is 12.1 Å². The molecule has 152 valence electrons. The van der Waals surface area contributed by atoms with Gasteiger partial charge in [-0.3, -0.25) is 0 Å². The quantitative estimate of drug-likeness (QED) is 0.682. The van der Waals surface area contributed by atoms with E-state index in [4.69, 9.17) is 10.5 Å². The van der Waals surface area contributed by atoms with E-state index in [2.05, 4.69) is 4.98 Å². The maximum atomic E-state index is 12.8. The minimum atomic E-state index is -4.82. The molecule has 2 rings (SSSR count). The SMILES string of the molecule is NC/C(=C\F)COc1ccc(S(=O)(=O)N2CCC(O)(C(F)(F)F)CC2)cn1. The maximum absolute atomic E-state index is 12.8. The van der Waals surface area contributed by atoms with Crippen molar-refractivity contribution in [2.75, 3.05) is 26.2 Å². The fraction of sp³-hybridized carbons (Fsp3) is 0.533. The number of halogens is 4. The standard InChI is InChI=1S/C15H19F4N3O4S/c16-7-11(8-20)10-26-13-2-1-12(9-21-13)27(24,25)22-5-3-14(23,4-6-22)15(17,18)19/h1-2,7,9,23H,3-6,8,10,20H2/b11-7+. The van der Waals surface area contributed by atoms with Crippen molar-refractivity contribution < 1.29 is 35.8 Å². The number of alkyl halides is 3. The van der Waals surface area contributed by atoms with Crippen molar-refractivity contribution in [1.29, 1.82) is 0 Å². The van der Waals surface area contributed by atoms with Crippen LogP contribution < -0.4 is 10.5 Å². The first kappa shape index (κ1) is 21.5. The van der Waals surface area contributed by atoms with Gasteiger partial charge in [0.25, 0.3) is 0 Å². The molecule has 1 aliphatic rings. The van der Waals surface area contributed by atoms with Crippen LogP contribution in [0.25, 0.3) is 0 Å². The number of aromatic nitrogens is 1. The van der Waals surface area contributed by atoms with E-state index < -0.39 is 47.7 Å². The highest BCUT2D eigenvalue weighted by Gasteiger charge is 2.55. The normalized spacial score (nSPS) is 19.1. The minimum Gasteiger partial charge on any atom is -0.473 e. The molecule has 1 aromatic heterocycles. The second-order valence-electron chi connectivity index (χ2n) is 6.03. The van der Waals surface area contributed by atoms with E-state index in [1.54, 1.807) is 0 Å². The molecule has 1 aliphatic heterocycles. The highest BCUT2D eigenvalue weighted by Crippen LogP contribution is 2.39. The molecular formula is C15H19F4N3O4S. The number of hydrogen-bond acceptors (Lipinski definition) is 6. The Labute approximate surface area is 153 Å². The van der Waals surface area contributed by atoms with Crippen molar-refractivity contribution >= 4 is 10.0 Å². The molecule has 1 saturated heterocycles. The second-order valence-corrected chi connectivity index (χ2v) is 7.96. The summed E-state index contributed by atoms with van der Waals surface area (Å²) in [6, 6.07) is 2.43. The zero-order valence-electron chi connectivity index (χ0n) is 14.1. The minimum absolute atomic E-state index is 0.0341.